The third-order valence-corrected chi connectivity index (χ3v) is 3.92. The van der Waals surface area contributed by atoms with E-state index >= 15 is 0 Å². The fourth-order valence-corrected chi connectivity index (χ4v) is 2.71. The molecule has 0 unspecified atom stereocenters. The van der Waals surface area contributed by atoms with Crippen molar-refractivity contribution >= 4 is 22.7 Å². The molecule has 0 amide bonds. The van der Waals surface area contributed by atoms with E-state index in [1.807, 2.05) is 12.1 Å². The summed E-state index contributed by atoms with van der Waals surface area (Å²) in [5.41, 5.74) is 8.63. The molecular weight excluding hydrogens is 265 g/mol. The molecule has 110 valence electrons. The van der Waals surface area contributed by atoms with Gasteiger partial charge in [-0.05, 0) is 55.7 Å². The molecule has 0 aliphatic carbocycles. The summed E-state index contributed by atoms with van der Waals surface area (Å²) in [6, 6.07) is 13.0. The molecule has 0 saturated carbocycles. The van der Waals surface area contributed by atoms with Gasteiger partial charge in [0, 0.05) is 24.5 Å². The molecule has 0 spiro atoms. The molecule has 0 aromatic heterocycles. The number of nitrogen functional groups attached to an aromatic ring is 1. The van der Waals surface area contributed by atoms with E-state index in [2.05, 4.69) is 22.3 Å². The van der Waals surface area contributed by atoms with Gasteiger partial charge in [0.2, 0.25) is 0 Å². The Morgan fingerprint density at radius 3 is 2.38 bits per heavy atom. The van der Waals surface area contributed by atoms with Crippen LogP contribution in [0.15, 0.2) is 42.5 Å². The van der Waals surface area contributed by atoms with Gasteiger partial charge in [-0.2, -0.15) is 0 Å². The third kappa shape index (κ3) is 3.10. The first kappa shape index (κ1) is 13.7. The van der Waals surface area contributed by atoms with Crippen LogP contribution in [0.5, 0.6) is 0 Å². The fourth-order valence-electron chi connectivity index (χ4n) is 2.71. The number of halogens is 1. The van der Waals surface area contributed by atoms with Gasteiger partial charge in [0.1, 0.15) is 5.82 Å². The largest absolute Gasteiger partial charge is 0.395 e. The van der Waals surface area contributed by atoms with Crippen LogP contribution in [-0.2, 0) is 0 Å². The number of piperidine rings is 1. The van der Waals surface area contributed by atoms with Crippen molar-refractivity contribution in [2.24, 2.45) is 0 Å². The number of nitrogens with zero attached hydrogens (tertiary/aromatic N) is 1. The topological polar surface area (TPSA) is 41.3 Å². The zero-order chi connectivity index (χ0) is 14.7. The average Bonchev–Trinajstić information content (AvgIpc) is 2.53. The second-order valence-electron chi connectivity index (χ2n) is 5.42. The molecule has 1 heterocycles. The van der Waals surface area contributed by atoms with E-state index in [1.54, 1.807) is 12.1 Å². The highest BCUT2D eigenvalue weighted by Gasteiger charge is 2.10. The lowest BCUT2D eigenvalue weighted by Crippen LogP contribution is -2.29. The number of anilines is 4. The smallest absolute Gasteiger partial charge is 0.148 e. The molecule has 2 aromatic carbocycles. The van der Waals surface area contributed by atoms with Crippen molar-refractivity contribution in [3.63, 3.8) is 0 Å². The molecule has 1 aliphatic heterocycles. The third-order valence-electron chi connectivity index (χ3n) is 3.92. The van der Waals surface area contributed by atoms with Gasteiger partial charge in [0.05, 0.1) is 11.4 Å². The number of nitrogens with one attached hydrogen (secondary N) is 1. The van der Waals surface area contributed by atoms with Gasteiger partial charge in [-0.1, -0.05) is 6.07 Å². The first-order valence-electron chi connectivity index (χ1n) is 7.40. The highest BCUT2D eigenvalue weighted by Crippen LogP contribution is 2.27. The first-order valence-corrected chi connectivity index (χ1v) is 7.40. The maximum Gasteiger partial charge on any atom is 0.148 e. The Morgan fingerprint density at radius 2 is 1.67 bits per heavy atom. The molecule has 0 radical (unpaired) electrons. The predicted octanol–water partition coefficient (Wildman–Crippen LogP) is 4.14. The van der Waals surface area contributed by atoms with E-state index in [9.17, 15) is 4.39 Å². The zero-order valence-electron chi connectivity index (χ0n) is 12.0. The molecule has 4 heteroatoms. The van der Waals surface area contributed by atoms with Crippen molar-refractivity contribution in [3.05, 3.63) is 48.3 Å². The monoisotopic (exact) mass is 285 g/mol. The summed E-state index contributed by atoms with van der Waals surface area (Å²) in [6.07, 6.45) is 3.86. The highest BCUT2D eigenvalue weighted by atomic mass is 19.1. The summed E-state index contributed by atoms with van der Waals surface area (Å²) in [4.78, 5) is 2.41. The number of hydrogen-bond donors (Lipinski definition) is 2. The first-order chi connectivity index (χ1) is 10.2. The van der Waals surface area contributed by atoms with E-state index in [-0.39, 0.29) is 5.69 Å². The van der Waals surface area contributed by atoms with E-state index < -0.39 is 5.82 Å². The van der Waals surface area contributed by atoms with Gasteiger partial charge in [-0.15, -0.1) is 0 Å². The summed E-state index contributed by atoms with van der Waals surface area (Å²) in [6.45, 7) is 2.26. The van der Waals surface area contributed by atoms with Crippen molar-refractivity contribution in [1.29, 1.82) is 0 Å². The molecule has 0 atom stereocenters. The Morgan fingerprint density at radius 1 is 0.952 bits per heavy atom. The minimum Gasteiger partial charge on any atom is -0.395 e. The Labute approximate surface area is 124 Å². The summed E-state index contributed by atoms with van der Waals surface area (Å²) < 4.78 is 13.4. The van der Waals surface area contributed by atoms with Crippen molar-refractivity contribution in [2.45, 2.75) is 19.3 Å². The molecule has 2 aromatic rings. The lowest BCUT2D eigenvalue weighted by molar-refractivity contribution is 0.578. The Bertz CT molecular complexity index is 604. The van der Waals surface area contributed by atoms with Crippen LogP contribution >= 0.6 is 0 Å². The maximum absolute atomic E-state index is 13.4. The van der Waals surface area contributed by atoms with Gasteiger partial charge in [-0.25, -0.2) is 4.39 Å². The second-order valence-corrected chi connectivity index (χ2v) is 5.42. The standard InChI is InChI=1S/C17H20FN3/c18-15-5-4-6-16(17(15)19)20-13-7-9-14(10-8-13)21-11-2-1-3-12-21/h4-10,20H,1-3,11-12,19H2. The molecule has 0 bridgehead atoms. The number of nitrogens with two attached hydrogens (primary N) is 1. The lowest BCUT2D eigenvalue weighted by Gasteiger charge is -2.28. The number of rotatable bonds is 3. The average molecular weight is 285 g/mol. The van der Waals surface area contributed by atoms with E-state index in [4.69, 9.17) is 5.73 Å². The van der Waals surface area contributed by atoms with Crippen LogP contribution < -0.4 is 16.0 Å². The van der Waals surface area contributed by atoms with Crippen molar-refractivity contribution in [2.75, 3.05) is 29.0 Å². The molecule has 1 aliphatic rings. The lowest BCUT2D eigenvalue weighted by atomic mass is 10.1. The normalized spacial score (nSPS) is 15.0. The van der Waals surface area contributed by atoms with Gasteiger partial charge in [0.25, 0.3) is 0 Å². The molecule has 21 heavy (non-hydrogen) atoms. The number of benzene rings is 2. The quantitative estimate of drug-likeness (QED) is 0.833. The molecule has 1 fully saturated rings. The van der Waals surface area contributed by atoms with Crippen molar-refractivity contribution < 1.29 is 4.39 Å². The Hall–Kier alpha value is -2.23. The molecular formula is C17H20FN3. The van der Waals surface area contributed by atoms with Gasteiger partial charge < -0.3 is 16.0 Å². The van der Waals surface area contributed by atoms with Crippen molar-refractivity contribution in [1.82, 2.24) is 0 Å². The predicted molar refractivity (Wildman–Crippen MR) is 86.6 cm³/mol. The molecule has 3 rings (SSSR count). The van der Waals surface area contributed by atoms with Crippen LogP contribution in [0.1, 0.15) is 19.3 Å². The van der Waals surface area contributed by atoms with E-state index in [0.29, 0.717) is 5.69 Å². The summed E-state index contributed by atoms with van der Waals surface area (Å²) >= 11 is 0. The van der Waals surface area contributed by atoms with Crippen LogP contribution in [0, 0.1) is 5.82 Å². The Kier molecular flexibility index (Phi) is 3.95. The number of hydrogen-bond acceptors (Lipinski definition) is 3. The van der Waals surface area contributed by atoms with Crippen molar-refractivity contribution in [3.8, 4) is 0 Å². The zero-order valence-corrected chi connectivity index (χ0v) is 12.0. The minimum absolute atomic E-state index is 0.151. The summed E-state index contributed by atoms with van der Waals surface area (Å²) in [5.74, 6) is -0.398. The van der Waals surface area contributed by atoms with Gasteiger partial charge in [-0.3, -0.25) is 0 Å². The van der Waals surface area contributed by atoms with Crippen LogP contribution in [0.2, 0.25) is 0 Å². The highest BCUT2D eigenvalue weighted by molar-refractivity contribution is 5.73. The SMILES string of the molecule is Nc1c(F)cccc1Nc1ccc(N2CCCCC2)cc1. The van der Waals surface area contributed by atoms with Gasteiger partial charge >= 0.3 is 0 Å². The van der Waals surface area contributed by atoms with Crippen LogP contribution in [0.4, 0.5) is 27.1 Å². The maximum atomic E-state index is 13.4. The summed E-state index contributed by atoms with van der Waals surface area (Å²) in [5, 5.41) is 3.16. The second kappa shape index (κ2) is 6.04. The van der Waals surface area contributed by atoms with Crippen LogP contribution in [0.25, 0.3) is 0 Å². The van der Waals surface area contributed by atoms with E-state index in [0.717, 1.165) is 18.8 Å². The Balaban J connectivity index is 1.73. The van der Waals surface area contributed by atoms with Gasteiger partial charge in [0.15, 0.2) is 0 Å². The van der Waals surface area contributed by atoms with Crippen LogP contribution in [-0.4, -0.2) is 13.1 Å². The molecule has 3 N–H and O–H groups in total. The minimum atomic E-state index is -0.398. The van der Waals surface area contributed by atoms with Crippen LogP contribution in [0.3, 0.4) is 0 Å². The fraction of sp³-hybridized carbons (Fsp3) is 0.294. The summed E-state index contributed by atoms with van der Waals surface area (Å²) in [7, 11) is 0. The molecule has 1 saturated heterocycles. The number of para-hydroxylation sites is 1. The molecule has 3 nitrogen and oxygen atoms in total. The van der Waals surface area contributed by atoms with E-state index in [1.165, 1.54) is 31.0 Å².